The van der Waals surface area contributed by atoms with Crippen LogP contribution in [0.5, 0.6) is 5.88 Å². The lowest BCUT2D eigenvalue weighted by molar-refractivity contribution is -0.151. The summed E-state index contributed by atoms with van der Waals surface area (Å²) in [4.78, 5) is 34.6. The van der Waals surface area contributed by atoms with Gasteiger partial charge < -0.3 is 24.5 Å². The molecular weight excluding hydrogens is 464 g/mol. The zero-order valence-corrected chi connectivity index (χ0v) is 20.0. The minimum atomic E-state index is -0.677. The highest BCUT2D eigenvalue weighted by atomic mass is 16.5. The number of carboxylic acid groups (broad SMARTS) is 1. The van der Waals surface area contributed by atoms with Crippen molar-refractivity contribution in [1.82, 2.24) is 20.2 Å². The van der Waals surface area contributed by atoms with Crippen molar-refractivity contribution in [3.8, 4) is 5.88 Å². The molecule has 1 aliphatic heterocycles. The van der Waals surface area contributed by atoms with Crippen molar-refractivity contribution in [2.75, 3.05) is 29.9 Å². The van der Waals surface area contributed by atoms with Crippen LogP contribution in [0.15, 0.2) is 41.1 Å². The lowest BCUT2D eigenvalue weighted by atomic mass is 9.57. The molecule has 1 aliphatic carbocycles. The van der Waals surface area contributed by atoms with E-state index in [1.54, 1.807) is 24.5 Å². The summed E-state index contributed by atoms with van der Waals surface area (Å²) in [6.45, 7) is 4.13. The van der Waals surface area contributed by atoms with Crippen LogP contribution in [0.25, 0.3) is 0 Å². The normalized spacial score (nSPS) is 17.0. The molecule has 1 saturated carbocycles. The number of rotatable bonds is 8. The molecule has 0 unspecified atom stereocenters. The molecule has 1 spiro atoms. The fraction of sp³-hybridized carbons (Fsp3) is 0.440. The molecule has 36 heavy (non-hydrogen) atoms. The van der Waals surface area contributed by atoms with E-state index < -0.39 is 11.9 Å². The Hall–Kier alpha value is -4.02. The van der Waals surface area contributed by atoms with Gasteiger partial charge >= 0.3 is 17.8 Å². The van der Waals surface area contributed by atoms with Crippen molar-refractivity contribution < 1.29 is 23.8 Å². The highest BCUT2D eigenvalue weighted by Gasteiger charge is 2.48. The molecule has 2 aliphatic rings. The van der Waals surface area contributed by atoms with Gasteiger partial charge in [-0.15, -0.1) is 10.2 Å². The first-order valence-electron chi connectivity index (χ1n) is 12.1. The van der Waals surface area contributed by atoms with Crippen molar-refractivity contribution in [2.24, 2.45) is 11.3 Å². The molecular formula is C25H28N6O5. The monoisotopic (exact) mass is 492 g/mol. The number of ether oxygens (including phenoxy) is 1. The summed E-state index contributed by atoms with van der Waals surface area (Å²) >= 11 is 0. The molecule has 3 aromatic heterocycles. The van der Waals surface area contributed by atoms with Crippen LogP contribution in [0.2, 0.25) is 0 Å². The van der Waals surface area contributed by atoms with Gasteiger partial charge in [-0.2, -0.15) is 0 Å². The van der Waals surface area contributed by atoms with Crippen LogP contribution >= 0.6 is 0 Å². The average Bonchev–Trinajstić information content (AvgIpc) is 3.33. The Kier molecular flexibility index (Phi) is 6.53. The van der Waals surface area contributed by atoms with Crippen LogP contribution < -0.4 is 15.0 Å². The van der Waals surface area contributed by atoms with Crippen molar-refractivity contribution in [3.05, 3.63) is 54.0 Å². The van der Waals surface area contributed by atoms with Crippen LogP contribution in [0, 0.1) is 11.3 Å². The molecule has 1 saturated heterocycles. The molecule has 0 atom stereocenters. The fourth-order valence-electron chi connectivity index (χ4n) is 4.95. The van der Waals surface area contributed by atoms with Gasteiger partial charge in [-0.25, -0.2) is 9.97 Å². The van der Waals surface area contributed by atoms with Crippen molar-refractivity contribution in [1.29, 1.82) is 0 Å². The van der Waals surface area contributed by atoms with E-state index in [1.807, 2.05) is 19.1 Å². The maximum Gasteiger partial charge on any atom is 0.313 e. The molecule has 0 aromatic carbocycles. The molecule has 188 valence electrons. The van der Waals surface area contributed by atoms with Gasteiger partial charge in [0.25, 0.3) is 0 Å². The van der Waals surface area contributed by atoms with E-state index in [-0.39, 0.29) is 17.2 Å². The number of carboxylic acids is 1. The lowest BCUT2D eigenvalue weighted by Crippen LogP contribution is -2.49. The number of piperidine rings is 1. The number of carbonyl (C=O) groups excluding carboxylic acids is 1. The van der Waals surface area contributed by atoms with Crippen molar-refractivity contribution >= 4 is 23.4 Å². The van der Waals surface area contributed by atoms with Gasteiger partial charge in [-0.05, 0) is 55.7 Å². The summed E-state index contributed by atoms with van der Waals surface area (Å²) in [7, 11) is 0. The smallest absolute Gasteiger partial charge is 0.313 e. The first-order valence-corrected chi connectivity index (χ1v) is 12.1. The summed E-state index contributed by atoms with van der Waals surface area (Å²) in [5.41, 5.74) is 1.56. The molecule has 5 rings (SSSR count). The van der Waals surface area contributed by atoms with E-state index in [0.717, 1.165) is 50.2 Å². The summed E-state index contributed by atoms with van der Waals surface area (Å²) < 4.78 is 10.8. The van der Waals surface area contributed by atoms with Crippen LogP contribution in [0.4, 0.5) is 11.5 Å². The highest BCUT2D eigenvalue weighted by molar-refractivity contribution is 6.00. The number of carbonyl (C=O) groups is 2. The SMILES string of the molecule is CCOc1ccc(Cc2nnc(C(=O)Nc3ccc(N4CCC5(CC4)CC(C(=O)O)C5)nc3)o2)cn1. The Balaban J connectivity index is 1.12. The minimum Gasteiger partial charge on any atom is -0.481 e. The third kappa shape index (κ3) is 5.14. The highest BCUT2D eigenvalue weighted by Crippen LogP contribution is 2.52. The Bertz CT molecular complexity index is 1210. The quantitative estimate of drug-likeness (QED) is 0.481. The third-order valence-corrected chi connectivity index (χ3v) is 6.97. The number of nitrogens with one attached hydrogen (secondary N) is 1. The number of aromatic nitrogens is 4. The molecule has 0 bridgehead atoms. The van der Waals surface area contributed by atoms with Gasteiger partial charge in [0.15, 0.2) is 0 Å². The third-order valence-electron chi connectivity index (χ3n) is 6.97. The maximum absolute atomic E-state index is 12.6. The Morgan fingerprint density at radius 1 is 1.14 bits per heavy atom. The first-order chi connectivity index (χ1) is 17.4. The second-order valence-corrected chi connectivity index (χ2v) is 9.41. The topological polar surface area (TPSA) is 144 Å². The number of hydrogen-bond acceptors (Lipinski definition) is 9. The zero-order chi connectivity index (χ0) is 25.1. The summed E-state index contributed by atoms with van der Waals surface area (Å²) in [6.07, 6.45) is 7.13. The first kappa shape index (κ1) is 23.7. The van der Waals surface area contributed by atoms with Crippen LogP contribution in [-0.2, 0) is 11.2 Å². The minimum absolute atomic E-state index is 0.130. The van der Waals surface area contributed by atoms with Crippen LogP contribution in [-0.4, -0.2) is 56.8 Å². The second-order valence-electron chi connectivity index (χ2n) is 9.41. The lowest BCUT2D eigenvalue weighted by Gasteiger charge is -2.51. The largest absolute Gasteiger partial charge is 0.481 e. The van der Waals surface area contributed by atoms with Gasteiger partial charge in [0.05, 0.1) is 30.8 Å². The summed E-state index contributed by atoms with van der Waals surface area (Å²) in [6, 6.07) is 7.28. The predicted molar refractivity (Wildman–Crippen MR) is 129 cm³/mol. The maximum atomic E-state index is 12.6. The Morgan fingerprint density at radius 2 is 1.94 bits per heavy atom. The molecule has 4 heterocycles. The Labute approximate surface area is 207 Å². The van der Waals surface area contributed by atoms with Crippen LogP contribution in [0.1, 0.15) is 54.7 Å². The molecule has 3 aromatic rings. The Morgan fingerprint density at radius 3 is 2.58 bits per heavy atom. The molecule has 0 radical (unpaired) electrons. The van der Waals surface area contributed by atoms with Crippen LogP contribution in [0.3, 0.4) is 0 Å². The number of aliphatic carboxylic acids is 1. The van der Waals surface area contributed by atoms with E-state index in [4.69, 9.17) is 14.3 Å². The number of hydrogen-bond donors (Lipinski definition) is 2. The van der Waals surface area contributed by atoms with E-state index in [0.29, 0.717) is 30.5 Å². The van der Waals surface area contributed by atoms with Gasteiger partial charge in [-0.1, -0.05) is 6.07 Å². The van der Waals surface area contributed by atoms with E-state index in [1.165, 1.54) is 0 Å². The number of pyridine rings is 2. The van der Waals surface area contributed by atoms with E-state index >= 15 is 0 Å². The number of anilines is 2. The molecule has 11 nitrogen and oxygen atoms in total. The summed E-state index contributed by atoms with van der Waals surface area (Å²) in [5.74, 6) is 0.189. The number of amides is 1. The number of nitrogens with zero attached hydrogens (tertiary/aromatic N) is 5. The van der Waals surface area contributed by atoms with E-state index in [9.17, 15) is 9.59 Å². The molecule has 11 heteroatoms. The molecule has 2 N–H and O–H groups in total. The summed E-state index contributed by atoms with van der Waals surface area (Å²) in [5, 5.41) is 19.7. The van der Waals surface area contributed by atoms with Gasteiger partial charge in [0, 0.05) is 25.4 Å². The van der Waals surface area contributed by atoms with Crippen molar-refractivity contribution in [3.63, 3.8) is 0 Å². The van der Waals surface area contributed by atoms with Gasteiger partial charge in [-0.3, -0.25) is 9.59 Å². The standard InChI is InChI=1S/C25H28N6O5/c1-2-35-20-6-3-16(14-27-20)11-21-29-30-23(36-21)22(32)28-18-4-5-19(26-15-18)31-9-7-25(8-10-31)12-17(13-25)24(33)34/h3-6,14-15,17H,2,7-13H2,1H3,(H,28,32)(H,33,34). The second kappa shape index (κ2) is 9.92. The average molecular weight is 493 g/mol. The molecule has 2 fully saturated rings. The van der Waals surface area contributed by atoms with E-state index in [2.05, 4.69) is 30.4 Å². The predicted octanol–water partition coefficient (Wildman–Crippen LogP) is 3.18. The molecule has 1 amide bonds. The fourth-order valence-corrected chi connectivity index (χ4v) is 4.95. The van der Waals surface area contributed by atoms with Gasteiger partial charge in [0.2, 0.25) is 11.8 Å². The van der Waals surface area contributed by atoms with Crippen molar-refractivity contribution in [2.45, 2.75) is 39.0 Å². The van der Waals surface area contributed by atoms with Gasteiger partial charge in [0.1, 0.15) is 5.82 Å². The zero-order valence-electron chi connectivity index (χ0n) is 20.0.